The van der Waals surface area contributed by atoms with Gasteiger partial charge in [-0.1, -0.05) is 29.6 Å². The minimum absolute atomic E-state index is 0. The van der Waals surface area contributed by atoms with E-state index in [1.807, 2.05) is 66.7 Å². The fourth-order valence-electron chi connectivity index (χ4n) is 3.74. The molecule has 0 fully saturated rings. The molecule has 0 aliphatic heterocycles. The molecule has 5 aromatic carbocycles. The summed E-state index contributed by atoms with van der Waals surface area (Å²) in [6.45, 7) is 0. The summed E-state index contributed by atoms with van der Waals surface area (Å²) >= 11 is 0. The number of anilines is 3. The van der Waals surface area contributed by atoms with Gasteiger partial charge in [0, 0.05) is 5.69 Å². The molecule has 0 saturated heterocycles. The fourth-order valence-corrected chi connectivity index (χ4v) is 3.74. The summed E-state index contributed by atoms with van der Waals surface area (Å²) in [4.78, 5) is 2.26. The largest absolute Gasteiger partial charge is 2.00 e. The smallest absolute Gasteiger partial charge is 0.409 e. The predicted octanol–water partition coefficient (Wildman–Crippen LogP) is 7.69. The number of hydrogen-bond donors (Lipinski definition) is 0. The van der Waals surface area contributed by atoms with Crippen LogP contribution >= 0.6 is 0 Å². The fraction of sp³-hybridized carbons (Fsp3) is 0. The van der Waals surface area contributed by atoms with Gasteiger partial charge in [-0.3, -0.25) is 0 Å². The predicted molar refractivity (Wildman–Crippen MR) is 127 cm³/mol. The zero-order valence-electron chi connectivity index (χ0n) is 17.7. The van der Waals surface area contributed by atoms with Crippen molar-refractivity contribution in [1.82, 2.24) is 0 Å². The molecule has 5 aromatic rings. The monoisotopic (exact) mass is 761 g/mol. The summed E-state index contributed by atoms with van der Waals surface area (Å²) in [5, 5.41) is 0. The standard InChI is InChI=1S/C30H19N.2W/c1-4-14-24(15-5-1)27-20-10-12-22-29(27)31(26-18-8-3-9-19-26)30-23-13-11-21-28(30)25-16-6-2-7-17-25;;/h1-14,16,18-19,22-23H;;/q-4;2*+2. The Hall–Kier alpha value is -2.72. The Balaban J connectivity index is 0.00000153. The molecule has 0 aliphatic carbocycles. The molecule has 0 bridgehead atoms. The number of rotatable bonds is 5. The molecule has 1 nitrogen and oxygen atoms in total. The molecule has 33 heavy (non-hydrogen) atoms. The van der Waals surface area contributed by atoms with Crippen LogP contribution in [0.3, 0.4) is 0 Å². The molecule has 0 spiro atoms. The molecule has 0 aromatic heterocycles. The first-order valence-electron chi connectivity index (χ1n) is 10.2. The average Bonchev–Trinajstić information content (AvgIpc) is 2.87. The maximum Gasteiger partial charge on any atom is 2.00 e. The van der Waals surface area contributed by atoms with E-state index >= 15 is 0 Å². The normalized spacial score (nSPS) is 9.94. The molecular weight excluding hydrogens is 742 g/mol. The molecule has 0 amide bonds. The minimum atomic E-state index is 0. The van der Waals surface area contributed by atoms with Crippen LogP contribution in [0.15, 0.2) is 115 Å². The van der Waals surface area contributed by atoms with Crippen molar-refractivity contribution in [2.45, 2.75) is 0 Å². The van der Waals surface area contributed by atoms with Crippen LogP contribution in [0.2, 0.25) is 0 Å². The third kappa shape index (κ3) is 5.44. The van der Waals surface area contributed by atoms with Crippen LogP contribution in [0.25, 0.3) is 22.3 Å². The summed E-state index contributed by atoms with van der Waals surface area (Å²) in [7, 11) is 0. The van der Waals surface area contributed by atoms with Gasteiger partial charge in [0.2, 0.25) is 0 Å². The Bertz CT molecular complexity index is 1190. The quantitative estimate of drug-likeness (QED) is 0.166. The van der Waals surface area contributed by atoms with Crippen LogP contribution in [-0.2, 0) is 42.1 Å². The summed E-state index contributed by atoms with van der Waals surface area (Å²) in [6.07, 6.45) is 0. The molecule has 0 radical (unpaired) electrons. The number of benzene rings is 5. The number of para-hydroxylation sites is 1. The topological polar surface area (TPSA) is 3.24 Å². The van der Waals surface area contributed by atoms with Gasteiger partial charge in [0.25, 0.3) is 0 Å². The Kier molecular flexibility index (Phi) is 9.01. The van der Waals surface area contributed by atoms with Crippen molar-refractivity contribution in [3.8, 4) is 22.3 Å². The van der Waals surface area contributed by atoms with Gasteiger partial charge in [-0.25, -0.2) is 22.3 Å². The van der Waals surface area contributed by atoms with Gasteiger partial charge in [0.15, 0.2) is 0 Å². The van der Waals surface area contributed by atoms with Crippen LogP contribution in [0.4, 0.5) is 17.1 Å². The van der Waals surface area contributed by atoms with Gasteiger partial charge in [-0.15, -0.1) is 36.4 Å². The van der Waals surface area contributed by atoms with E-state index in [-0.39, 0.29) is 42.1 Å². The van der Waals surface area contributed by atoms with E-state index in [1.165, 1.54) is 0 Å². The first-order valence-corrected chi connectivity index (χ1v) is 10.2. The minimum Gasteiger partial charge on any atom is -0.409 e. The Morgan fingerprint density at radius 1 is 0.424 bits per heavy atom. The van der Waals surface area contributed by atoms with Gasteiger partial charge < -0.3 is 4.90 Å². The summed E-state index contributed by atoms with van der Waals surface area (Å²) < 4.78 is 0. The van der Waals surface area contributed by atoms with E-state index in [4.69, 9.17) is 0 Å². The van der Waals surface area contributed by atoms with Crippen molar-refractivity contribution in [2.24, 2.45) is 0 Å². The van der Waals surface area contributed by atoms with Crippen molar-refractivity contribution >= 4 is 17.1 Å². The Morgan fingerprint density at radius 3 is 1.33 bits per heavy atom. The summed E-state index contributed by atoms with van der Waals surface area (Å²) in [6, 6.07) is 52.3. The van der Waals surface area contributed by atoms with Gasteiger partial charge in [0.1, 0.15) is 0 Å². The molecule has 0 aliphatic rings. The van der Waals surface area contributed by atoms with E-state index in [0.29, 0.717) is 0 Å². The summed E-state index contributed by atoms with van der Waals surface area (Å²) in [5.41, 5.74) is 7.15. The first kappa shape index (κ1) is 24.9. The van der Waals surface area contributed by atoms with E-state index in [0.717, 1.165) is 39.3 Å². The van der Waals surface area contributed by atoms with Gasteiger partial charge in [0.05, 0.1) is 0 Å². The molecule has 5 rings (SSSR count). The van der Waals surface area contributed by atoms with Crippen molar-refractivity contribution in [3.05, 3.63) is 140 Å². The Labute approximate surface area is 224 Å². The van der Waals surface area contributed by atoms with E-state index in [9.17, 15) is 0 Å². The van der Waals surface area contributed by atoms with E-state index in [2.05, 4.69) is 77.7 Å². The second-order valence-corrected chi connectivity index (χ2v) is 7.08. The van der Waals surface area contributed by atoms with Crippen molar-refractivity contribution < 1.29 is 42.1 Å². The zero-order valence-corrected chi connectivity index (χ0v) is 23.6. The maximum absolute atomic E-state index is 3.44. The molecule has 0 atom stereocenters. The van der Waals surface area contributed by atoms with Gasteiger partial charge >= 0.3 is 42.1 Å². The molecule has 3 heteroatoms. The van der Waals surface area contributed by atoms with Crippen molar-refractivity contribution in [1.29, 1.82) is 0 Å². The van der Waals surface area contributed by atoms with Crippen LogP contribution in [0.5, 0.6) is 0 Å². The number of nitrogens with zero attached hydrogens (tertiary/aromatic N) is 1. The van der Waals surface area contributed by atoms with Crippen molar-refractivity contribution in [3.63, 3.8) is 0 Å². The zero-order chi connectivity index (χ0) is 20.9. The van der Waals surface area contributed by atoms with Crippen LogP contribution in [0.1, 0.15) is 0 Å². The number of hydrogen-bond acceptors (Lipinski definition) is 1. The van der Waals surface area contributed by atoms with Crippen molar-refractivity contribution in [2.75, 3.05) is 4.90 Å². The Morgan fingerprint density at radius 2 is 0.879 bits per heavy atom. The molecular formula is C30H19NW2. The molecule has 156 valence electrons. The molecule has 0 unspecified atom stereocenters. The van der Waals surface area contributed by atoms with E-state index < -0.39 is 0 Å². The molecule has 0 saturated carbocycles. The van der Waals surface area contributed by atoms with Crippen LogP contribution < -0.4 is 4.90 Å². The molecule has 0 N–H and O–H groups in total. The van der Waals surface area contributed by atoms with E-state index in [1.54, 1.807) is 0 Å². The second-order valence-electron chi connectivity index (χ2n) is 7.08. The third-order valence-corrected chi connectivity index (χ3v) is 5.12. The van der Waals surface area contributed by atoms with Gasteiger partial charge in [-0.05, 0) is 12.1 Å². The van der Waals surface area contributed by atoms with Crippen LogP contribution in [-0.4, -0.2) is 0 Å². The maximum atomic E-state index is 3.44. The van der Waals surface area contributed by atoms with Crippen LogP contribution in [0, 0.1) is 24.3 Å². The summed E-state index contributed by atoms with van der Waals surface area (Å²) in [5.74, 6) is 0. The average molecular weight is 761 g/mol. The molecule has 0 heterocycles. The van der Waals surface area contributed by atoms with Gasteiger partial charge in [-0.2, -0.15) is 72.8 Å². The SMILES string of the molecule is [W+2].[W+2].[c-]1ccccc1-c1[c-]cccc1N(c1ccccc1)c1ccc[c-]c1-c1[c-]cccc1. The first-order chi connectivity index (χ1) is 15.4. The third-order valence-electron chi connectivity index (χ3n) is 5.12. The second kappa shape index (κ2) is 11.9.